The van der Waals surface area contributed by atoms with Gasteiger partial charge in [-0.05, 0) is 37.7 Å². The number of benzene rings is 1. The topological polar surface area (TPSA) is 66.8 Å². The summed E-state index contributed by atoms with van der Waals surface area (Å²) in [5.74, 6) is -0.714. The van der Waals surface area contributed by atoms with Crippen molar-refractivity contribution < 1.29 is 19.7 Å². The first-order valence-corrected chi connectivity index (χ1v) is 11.7. The molecule has 2 atom stereocenters. The van der Waals surface area contributed by atoms with Gasteiger partial charge in [0.05, 0.1) is 18.8 Å². The molecule has 0 aliphatic rings. The van der Waals surface area contributed by atoms with Crippen LogP contribution in [-0.4, -0.2) is 28.4 Å². The maximum Gasteiger partial charge on any atom is 0.303 e. The van der Waals surface area contributed by atoms with Gasteiger partial charge in [0.15, 0.2) is 0 Å². The molecule has 0 aliphatic carbocycles. The van der Waals surface area contributed by atoms with E-state index in [0.717, 1.165) is 64.2 Å². The highest BCUT2D eigenvalue weighted by Gasteiger charge is 2.09. The van der Waals surface area contributed by atoms with Crippen LogP contribution in [0.5, 0.6) is 0 Å². The van der Waals surface area contributed by atoms with Gasteiger partial charge in [0.2, 0.25) is 0 Å². The van der Waals surface area contributed by atoms with Crippen molar-refractivity contribution in [3.63, 3.8) is 0 Å². The van der Waals surface area contributed by atoms with Crippen LogP contribution in [0.25, 0.3) is 0 Å². The predicted octanol–water partition coefficient (Wildman–Crippen LogP) is 6.50. The van der Waals surface area contributed by atoms with Crippen LogP contribution < -0.4 is 0 Å². The first-order valence-electron chi connectivity index (χ1n) is 11.7. The summed E-state index contributed by atoms with van der Waals surface area (Å²) in [6.07, 6.45) is 13.9. The Bertz CT molecular complexity index is 503. The second kappa shape index (κ2) is 17.5. The average molecular weight is 407 g/mol. The first kappa shape index (κ1) is 25.6. The number of hydrogen-bond acceptors (Lipinski definition) is 3. The van der Waals surface area contributed by atoms with Crippen molar-refractivity contribution in [3.05, 3.63) is 35.9 Å². The summed E-state index contributed by atoms with van der Waals surface area (Å²) in [5, 5.41) is 18.7. The van der Waals surface area contributed by atoms with E-state index in [1.807, 2.05) is 6.07 Å². The number of aliphatic carboxylic acids is 1. The van der Waals surface area contributed by atoms with Crippen molar-refractivity contribution in [2.45, 2.75) is 116 Å². The third kappa shape index (κ3) is 15.2. The smallest absolute Gasteiger partial charge is 0.303 e. The number of carbonyl (C=O) groups is 1. The number of carboxylic acid groups (broad SMARTS) is 1. The van der Waals surface area contributed by atoms with Crippen molar-refractivity contribution in [2.75, 3.05) is 0 Å². The van der Waals surface area contributed by atoms with E-state index in [-0.39, 0.29) is 12.5 Å². The van der Waals surface area contributed by atoms with Crippen LogP contribution in [0.1, 0.15) is 102 Å². The lowest BCUT2D eigenvalue weighted by Gasteiger charge is -2.17. The van der Waals surface area contributed by atoms with Crippen LogP contribution in [-0.2, 0) is 16.1 Å². The molecule has 0 saturated heterocycles. The summed E-state index contributed by atoms with van der Waals surface area (Å²) < 4.78 is 6.13. The summed E-state index contributed by atoms with van der Waals surface area (Å²) in [6, 6.07) is 10.4. The summed E-state index contributed by atoms with van der Waals surface area (Å²) in [6.45, 7) is 2.92. The van der Waals surface area contributed by atoms with E-state index in [9.17, 15) is 9.90 Å². The molecule has 0 bridgehead atoms. The van der Waals surface area contributed by atoms with Gasteiger partial charge in [-0.25, -0.2) is 0 Å². The van der Waals surface area contributed by atoms with Crippen LogP contribution in [0, 0.1) is 0 Å². The highest BCUT2D eigenvalue weighted by Crippen LogP contribution is 2.17. The maximum atomic E-state index is 10.4. The Hall–Kier alpha value is -1.39. The Labute approximate surface area is 177 Å². The summed E-state index contributed by atoms with van der Waals surface area (Å²) in [5.41, 5.74) is 1.24. The summed E-state index contributed by atoms with van der Waals surface area (Å²) in [4.78, 5) is 10.4. The number of aliphatic hydroxyl groups excluding tert-OH is 1. The molecule has 4 heteroatoms. The minimum atomic E-state index is -0.714. The molecule has 2 N–H and O–H groups in total. The number of hydrogen-bond donors (Lipinski definition) is 2. The number of rotatable bonds is 19. The van der Waals surface area contributed by atoms with Crippen molar-refractivity contribution in [1.82, 2.24) is 0 Å². The Morgan fingerprint density at radius 2 is 1.45 bits per heavy atom. The van der Waals surface area contributed by atoms with Crippen molar-refractivity contribution in [3.8, 4) is 0 Å². The van der Waals surface area contributed by atoms with Gasteiger partial charge < -0.3 is 14.9 Å². The molecule has 1 rings (SSSR count). The molecule has 4 nitrogen and oxygen atoms in total. The van der Waals surface area contributed by atoms with Gasteiger partial charge in [0, 0.05) is 6.42 Å². The third-order valence-corrected chi connectivity index (χ3v) is 5.43. The molecule has 166 valence electrons. The van der Waals surface area contributed by atoms with E-state index < -0.39 is 5.97 Å². The monoisotopic (exact) mass is 406 g/mol. The normalized spacial score (nSPS) is 13.3. The largest absolute Gasteiger partial charge is 0.481 e. The molecule has 29 heavy (non-hydrogen) atoms. The molecule has 0 saturated carbocycles. The van der Waals surface area contributed by atoms with Crippen LogP contribution in [0.2, 0.25) is 0 Å². The van der Waals surface area contributed by atoms with Gasteiger partial charge in [-0.15, -0.1) is 0 Å². The lowest BCUT2D eigenvalue weighted by molar-refractivity contribution is -0.137. The van der Waals surface area contributed by atoms with Crippen LogP contribution in [0.3, 0.4) is 0 Å². The molecule has 1 aromatic carbocycles. The fourth-order valence-electron chi connectivity index (χ4n) is 3.68. The zero-order valence-corrected chi connectivity index (χ0v) is 18.4. The molecular formula is C25H42O4. The lowest BCUT2D eigenvalue weighted by Crippen LogP contribution is -2.12. The van der Waals surface area contributed by atoms with Crippen LogP contribution in [0.15, 0.2) is 30.3 Å². The zero-order valence-electron chi connectivity index (χ0n) is 18.4. The lowest BCUT2D eigenvalue weighted by atomic mass is 10.0. The molecule has 0 aliphatic heterocycles. The maximum absolute atomic E-state index is 10.4. The minimum Gasteiger partial charge on any atom is -0.481 e. The van der Waals surface area contributed by atoms with E-state index in [2.05, 4.69) is 31.2 Å². The second-order valence-corrected chi connectivity index (χ2v) is 8.20. The fraction of sp³-hybridized carbons (Fsp3) is 0.720. The van der Waals surface area contributed by atoms with E-state index >= 15 is 0 Å². The summed E-state index contributed by atoms with van der Waals surface area (Å²) >= 11 is 0. The molecule has 2 unspecified atom stereocenters. The van der Waals surface area contributed by atoms with Gasteiger partial charge >= 0.3 is 5.97 Å². The molecule has 0 amide bonds. The molecule has 0 heterocycles. The quantitative estimate of drug-likeness (QED) is 0.257. The number of carboxylic acids is 1. The predicted molar refractivity (Wildman–Crippen MR) is 119 cm³/mol. The summed E-state index contributed by atoms with van der Waals surface area (Å²) in [7, 11) is 0. The third-order valence-electron chi connectivity index (χ3n) is 5.43. The van der Waals surface area contributed by atoms with Crippen molar-refractivity contribution in [1.29, 1.82) is 0 Å². The standard InChI is InChI=1S/C25H42O4/c1-2-14-24(29-21-22-15-8-7-9-16-22)19-12-5-3-10-17-23(26)18-11-4-6-13-20-25(27)28/h7-9,15-16,23-24,26H,2-6,10-14,17-21H2,1H3,(H,27,28). The Balaban J connectivity index is 1.99. The van der Waals surface area contributed by atoms with Gasteiger partial charge in [-0.2, -0.15) is 0 Å². The van der Waals surface area contributed by atoms with Crippen molar-refractivity contribution in [2.24, 2.45) is 0 Å². The molecule has 0 fully saturated rings. The SMILES string of the molecule is CCCC(CCCCCCC(O)CCCCCCC(=O)O)OCc1ccccc1. The molecular weight excluding hydrogens is 364 g/mol. The fourth-order valence-corrected chi connectivity index (χ4v) is 3.68. The second-order valence-electron chi connectivity index (χ2n) is 8.20. The van der Waals surface area contributed by atoms with E-state index in [4.69, 9.17) is 9.84 Å². The first-order chi connectivity index (χ1) is 14.1. The Morgan fingerprint density at radius 1 is 0.862 bits per heavy atom. The molecule has 0 radical (unpaired) electrons. The molecule has 1 aromatic rings. The van der Waals surface area contributed by atoms with Crippen LogP contribution in [0.4, 0.5) is 0 Å². The van der Waals surface area contributed by atoms with Gasteiger partial charge in [-0.1, -0.05) is 88.6 Å². The zero-order chi connectivity index (χ0) is 21.2. The average Bonchev–Trinajstić information content (AvgIpc) is 2.71. The van der Waals surface area contributed by atoms with Crippen LogP contribution >= 0.6 is 0 Å². The molecule has 0 spiro atoms. The highest BCUT2D eigenvalue weighted by molar-refractivity contribution is 5.66. The Morgan fingerprint density at radius 3 is 2.03 bits per heavy atom. The minimum absolute atomic E-state index is 0.198. The van der Waals surface area contributed by atoms with Gasteiger partial charge in [0.25, 0.3) is 0 Å². The van der Waals surface area contributed by atoms with E-state index in [0.29, 0.717) is 12.7 Å². The Kier molecular flexibility index (Phi) is 15.4. The number of ether oxygens (including phenoxy) is 1. The van der Waals surface area contributed by atoms with Gasteiger partial charge in [-0.3, -0.25) is 4.79 Å². The highest BCUT2D eigenvalue weighted by atomic mass is 16.5. The van der Waals surface area contributed by atoms with Gasteiger partial charge in [0.1, 0.15) is 0 Å². The van der Waals surface area contributed by atoms with E-state index in [1.165, 1.54) is 24.8 Å². The number of aliphatic hydroxyl groups is 1. The molecule has 0 aromatic heterocycles. The van der Waals surface area contributed by atoms with E-state index in [1.54, 1.807) is 0 Å². The van der Waals surface area contributed by atoms with Crippen molar-refractivity contribution >= 4 is 5.97 Å². The number of unbranched alkanes of at least 4 members (excludes halogenated alkanes) is 6.